The molecule has 0 aromatic heterocycles. The molecule has 12 heteroatoms. The van der Waals surface area contributed by atoms with Crippen LogP contribution in [0.25, 0.3) is 0 Å². The number of hydrogen-bond acceptors (Lipinski definition) is 9. The third-order valence-electron chi connectivity index (χ3n) is 11.4. The highest BCUT2D eigenvalue weighted by Gasteiger charge is 2.20. The monoisotopic (exact) mass is 1110 g/mol. The van der Waals surface area contributed by atoms with Crippen molar-refractivity contribution in [3.63, 3.8) is 0 Å². The highest BCUT2D eigenvalue weighted by atomic mass is 35.5. The third-order valence-corrected chi connectivity index (χ3v) is 12.1. The first-order chi connectivity index (χ1) is 33.4. The van der Waals surface area contributed by atoms with Crippen molar-refractivity contribution in [2.24, 2.45) is 22.2 Å². The van der Waals surface area contributed by atoms with Gasteiger partial charge in [0.25, 0.3) is 0 Å². The fourth-order valence-electron chi connectivity index (χ4n) is 6.46. The predicted octanol–water partition coefficient (Wildman–Crippen LogP) is 17.1. The van der Waals surface area contributed by atoms with Crippen molar-refractivity contribution in [2.75, 3.05) is 33.0 Å². The summed E-state index contributed by atoms with van der Waals surface area (Å²) in [6, 6.07) is 22.0. The molecule has 4 aromatic carbocycles. The molecule has 76 heavy (non-hydrogen) atoms. The van der Waals surface area contributed by atoms with Crippen LogP contribution in [0.2, 0.25) is 10.0 Å². The average molecular weight is 1110 g/mol. The van der Waals surface area contributed by atoms with Gasteiger partial charge in [0.15, 0.2) is 11.6 Å². The van der Waals surface area contributed by atoms with Gasteiger partial charge in [0, 0.05) is 6.61 Å². The lowest BCUT2D eigenvalue weighted by Gasteiger charge is -2.23. The molecule has 0 saturated heterocycles. The molecule has 0 amide bonds. The molecule has 5 N–H and O–H groups in total. The van der Waals surface area contributed by atoms with E-state index in [-0.39, 0.29) is 83.4 Å². The maximum atomic E-state index is 13.4. The first-order valence-corrected chi connectivity index (χ1v) is 26.3. The predicted molar refractivity (Wildman–Crippen MR) is 324 cm³/mol. The smallest absolute Gasteiger partial charge is 0.165 e. The average Bonchev–Trinajstić information content (AvgIpc) is 3.30. The number of ether oxygens (including phenoxy) is 4. The van der Waals surface area contributed by atoms with E-state index in [0.717, 1.165) is 66.5 Å². The van der Waals surface area contributed by atoms with Gasteiger partial charge in [-0.25, -0.2) is 4.39 Å². The molecule has 4 unspecified atom stereocenters. The molecule has 0 saturated carbocycles. The van der Waals surface area contributed by atoms with E-state index in [9.17, 15) is 24.8 Å². The molecule has 0 radical (unpaired) electrons. The second-order valence-electron chi connectivity index (χ2n) is 23.0. The van der Waals surface area contributed by atoms with E-state index in [1.165, 1.54) is 11.6 Å². The number of aliphatic hydroxyl groups excluding tert-OH is 5. The van der Waals surface area contributed by atoms with Crippen LogP contribution in [0.5, 0.6) is 23.0 Å². The van der Waals surface area contributed by atoms with Crippen molar-refractivity contribution < 1.29 is 48.9 Å². The summed E-state index contributed by atoms with van der Waals surface area (Å²) in [5.74, 6) is 2.56. The molecule has 0 aliphatic rings. The van der Waals surface area contributed by atoms with Gasteiger partial charge >= 0.3 is 0 Å². The van der Waals surface area contributed by atoms with Crippen LogP contribution in [-0.2, 0) is 0 Å². The molecule has 4 atom stereocenters. The molecule has 0 bridgehead atoms. The Balaban J connectivity index is -0.000000447. The molecular weight excluding hydrogens is 1000 g/mol. The minimum absolute atomic E-state index is 0. The Kier molecular flexibility index (Phi) is 41.2. The normalized spacial score (nSPS) is 12.6. The topological polar surface area (TPSA) is 138 Å². The summed E-state index contributed by atoms with van der Waals surface area (Å²) >= 11 is 12.0. The molecule has 0 fully saturated rings. The lowest BCUT2D eigenvalue weighted by molar-refractivity contribution is 0.0738. The Labute approximate surface area is 473 Å². The number of aryl methyl sites for hydroxylation is 5. The van der Waals surface area contributed by atoms with Gasteiger partial charge in [0.05, 0.1) is 34.5 Å². The summed E-state index contributed by atoms with van der Waals surface area (Å²) in [6.07, 6.45) is 4.56. The first kappa shape index (κ1) is 78.9. The molecule has 0 aliphatic carbocycles. The molecule has 0 spiro atoms. The van der Waals surface area contributed by atoms with Gasteiger partial charge in [-0.05, 0) is 178 Å². The maximum Gasteiger partial charge on any atom is 0.165 e. The number of hydrogen-bond donors (Lipinski definition) is 5. The van der Waals surface area contributed by atoms with Gasteiger partial charge in [-0.1, -0.05) is 152 Å². The van der Waals surface area contributed by atoms with E-state index in [0.29, 0.717) is 53.5 Å². The van der Waals surface area contributed by atoms with Crippen LogP contribution in [0.3, 0.4) is 0 Å². The molecule has 4 rings (SSSR count). The molecule has 9 nitrogen and oxygen atoms in total. The van der Waals surface area contributed by atoms with Crippen molar-refractivity contribution in [2.45, 2.75) is 209 Å². The Hall–Kier alpha value is -3.61. The Bertz CT molecular complexity index is 2040. The van der Waals surface area contributed by atoms with Crippen molar-refractivity contribution in [1.82, 2.24) is 0 Å². The molecule has 4 aromatic rings. The molecule has 440 valence electrons. The van der Waals surface area contributed by atoms with Crippen LogP contribution in [-0.4, -0.2) is 83.0 Å². The summed E-state index contributed by atoms with van der Waals surface area (Å²) in [5.41, 5.74) is 5.69. The minimum atomic E-state index is -0.553. The van der Waals surface area contributed by atoms with E-state index in [1.54, 1.807) is 18.2 Å². The second-order valence-corrected chi connectivity index (χ2v) is 23.8. The number of rotatable bonds is 23. The first-order valence-electron chi connectivity index (χ1n) is 25.6. The fraction of sp³-hybridized carbons (Fsp3) is 0.625. The Morgan fingerprint density at radius 1 is 0.447 bits per heavy atom. The SMILES string of the molecule is C.C.C.C.Cc1ccc(C)c(OCC(O)CCC(C)(C)C)c1.Cc1ccc(Cl)c(OCC(O)CCC(C)(C)CO)c1.Cc1ccc(Cl)c(OCC(O)CCC(C)C)c1.Cc1ccc(F)c(OCC(O)CCC(C)(C)C)c1. The van der Waals surface area contributed by atoms with Crippen LogP contribution in [0, 0.1) is 62.6 Å². The third kappa shape index (κ3) is 38.0. The van der Waals surface area contributed by atoms with Gasteiger partial charge in [-0.3, -0.25) is 0 Å². The van der Waals surface area contributed by atoms with Crippen LogP contribution < -0.4 is 18.9 Å². The van der Waals surface area contributed by atoms with E-state index in [4.69, 9.17) is 47.3 Å². The zero-order valence-corrected chi connectivity index (χ0v) is 48.0. The summed E-state index contributed by atoms with van der Waals surface area (Å²) < 4.78 is 35.5. The van der Waals surface area contributed by atoms with Gasteiger partial charge in [0.2, 0.25) is 0 Å². The van der Waals surface area contributed by atoms with Crippen molar-refractivity contribution >= 4 is 23.2 Å². The maximum absolute atomic E-state index is 13.4. The summed E-state index contributed by atoms with van der Waals surface area (Å²) in [5, 5.41) is 49.6. The van der Waals surface area contributed by atoms with Gasteiger partial charge in [0.1, 0.15) is 43.7 Å². The highest BCUT2D eigenvalue weighted by Crippen LogP contribution is 2.29. The van der Waals surface area contributed by atoms with Crippen LogP contribution >= 0.6 is 23.2 Å². The number of halogens is 3. The van der Waals surface area contributed by atoms with E-state index in [2.05, 4.69) is 61.5 Å². The van der Waals surface area contributed by atoms with Crippen LogP contribution in [0.4, 0.5) is 4.39 Å². The summed E-state index contributed by atoms with van der Waals surface area (Å²) in [7, 11) is 0. The van der Waals surface area contributed by atoms with Crippen LogP contribution in [0.15, 0.2) is 72.8 Å². The number of benzene rings is 4. The fourth-order valence-corrected chi connectivity index (χ4v) is 6.81. The lowest BCUT2D eigenvalue weighted by Crippen LogP contribution is -2.23. The Morgan fingerprint density at radius 2 is 0.763 bits per heavy atom. The lowest BCUT2D eigenvalue weighted by atomic mass is 9.88. The van der Waals surface area contributed by atoms with E-state index < -0.39 is 18.3 Å². The van der Waals surface area contributed by atoms with Gasteiger partial charge in [-0.15, -0.1) is 0 Å². The second kappa shape index (κ2) is 39.7. The van der Waals surface area contributed by atoms with Crippen molar-refractivity contribution in [3.8, 4) is 23.0 Å². The molecule has 0 aliphatic heterocycles. The molecular formula is C64H109Cl2FO9. The quantitative estimate of drug-likeness (QED) is 0.0491. The largest absolute Gasteiger partial charge is 0.491 e. The standard InChI is InChI=1S/C16H26O2.C15H23ClO3.C15H23FO2.C14H21ClO2.4CH4/c1-12-6-7-13(2)15(10-12)18-11-14(17)8-9-16(3,4)5;1-11-4-5-13(16)14(8-11)19-9-12(18)6-7-15(2,3)10-17;1-11-5-6-13(16)14(9-11)18-10-12(17)7-8-15(2,3)4;1-10(2)4-6-12(16)9-17-14-8-11(3)5-7-13(14)15;;;;/h6-7,10,14,17H,8-9,11H2,1-5H3;4-5,8,12,17-18H,6-7,9-10H2,1-3H3;5-6,9,12,17H,7-8,10H2,1-4H3;5,7-8,10,12,16H,4,6,9H2,1-3H3;4*1H4. The zero-order valence-electron chi connectivity index (χ0n) is 46.5. The van der Waals surface area contributed by atoms with Gasteiger partial charge in [-0.2, -0.15) is 0 Å². The summed E-state index contributed by atoms with van der Waals surface area (Å²) in [6.45, 7) is 32.2. The molecule has 0 heterocycles. The minimum Gasteiger partial charge on any atom is -0.491 e. The Morgan fingerprint density at radius 3 is 1.14 bits per heavy atom. The van der Waals surface area contributed by atoms with E-state index in [1.807, 2.05) is 90.9 Å². The van der Waals surface area contributed by atoms with Crippen molar-refractivity contribution in [1.29, 1.82) is 0 Å². The van der Waals surface area contributed by atoms with E-state index >= 15 is 0 Å². The number of aliphatic hydroxyl groups is 5. The van der Waals surface area contributed by atoms with Gasteiger partial charge < -0.3 is 44.5 Å². The highest BCUT2D eigenvalue weighted by molar-refractivity contribution is 6.32. The summed E-state index contributed by atoms with van der Waals surface area (Å²) in [4.78, 5) is 0. The zero-order chi connectivity index (χ0) is 54.8. The van der Waals surface area contributed by atoms with Crippen LogP contribution in [0.1, 0.15) is 178 Å². The van der Waals surface area contributed by atoms with Crippen molar-refractivity contribution in [3.05, 3.63) is 116 Å².